The number of carboxylic acid groups (broad SMARTS) is 1. The van der Waals surface area contributed by atoms with Crippen LogP contribution in [0.1, 0.15) is 11.6 Å². The van der Waals surface area contributed by atoms with Gasteiger partial charge in [0.2, 0.25) is 0 Å². The number of hydrogen-bond donors (Lipinski definition) is 3. The van der Waals surface area contributed by atoms with Gasteiger partial charge in [0.15, 0.2) is 17.6 Å². The number of carbonyl (C=O) groups is 1. The summed E-state index contributed by atoms with van der Waals surface area (Å²) in [6, 6.07) is 9.36. The Balaban J connectivity index is 2.32. The van der Waals surface area contributed by atoms with Crippen LogP contribution in [0.3, 0.4) is 0 Å². The number of hydrogen-bond acceptors (Lipinski definition) is 3. The fraction of sp³-hybridized carbons (Fsp3) is 0.0714. The minimum Gasteiger partial charge on any atom is -0.505 e. The maximum atomic E-state index is 13.3. The molecular weight excluding hydrogens is 329 g/mol. The van der Waals surface area contributed by atoms with Crippen LogP contribution in [-0.2, 0) is 4.79 Å². The van der Waals surface area contributed by atoms with E-state index in [4.69, 9.17) is 5.11 Å². The lowest BCUT2D eigenvalue weighted by Gasteiger charge is -2.16. The van der Waals surface area contributed by atoms with Gasteiger partial charge in [-0.25, -0.2) is 9.18 Å². The largest absolute Gasteiger partial charge is 0.505 e. The molecule has 0 bridgehead atoms. The molecule has 0 spiro atoms. The van der Waals surface area contributed by atoms with Gasteiger partial charge >= 0.3 is 5.97 Å². The van der Waals surface area contributed by atoms with Crippen molar-refractivity contribution >= 4 is 27.6 Å². The molecule has 0 aliphatic heterocycles. The minimum absolute atomic E-state index is 0.216. The summed E-state index contributed by atoms with van der Waals surface area (Å²) in [5.74, 6) is -2.51. The molecule has 0 saturated carbocycles. The lowest BCUT2D eigenvalue weighted by atomic mass is 10.1. The number of benzene rings is 2. The molecule has 2 rings (SSSR count). The number of aromatic hydroxyl groups is 1. The highest BCUT2D eigenvalue weighted by Gasteiger charge is 2.21. The van der Waals surface area contributed by atoms with Gasteiger partial charge in [0.25, 0.3) is 0 Å². The molecule has 3 N–H and O–H groups in total. The maximum absolute atomic E-state index is 13.3. The van der Waals surface area contributed by atoms with Crippen LogP contribution in [0.2, 0.25) is 0 Å². The number of halogens is 2. The standard InChI is InChI=1S/C14H11BrFNO3/c15-9-2-1-3-10(7-9)17-13(14(19)20)8-4-5-12(18)11(16)6-8/h1-7,13,17-18H,(H,19,20). The summed E-state index contributed by atoms with van der Waals surface area (Å²) in [5.41, 5.74) is 0.799. The first-order valence-electron chi connectivity index (χ1n) is 5.70. The van der Waals surface area contributed by atoms with Gasteiger partial charge in [0, 0.05) is 10.2 Å². The SMILES string of the molecule is O=C(O)C(Nc1cccc(Br)c1)c1ccc(O)c(F)c1. The highest BCUT2D eigenvalue weighted by molar-refractivity contribution is 9.10. The number of phenolic OH excluding ortho intramolecular Hbond substituents is 1. The van der Waals surface area contributed by atoms with E-state index < -0.39 is 23.6 Å². The molecule has 4 nitrogen and oxygen atoms in total. The quantitative estimate of drug-likeness (QED) is 0.796. The smallest absolute Gasteiger partial charge is 0.330 e. The summed E-state index contributed by atoms with van der Waals surface area (Å²) in [7, 11) is 0. The zero-order valence-electron chi connectivity index (χ0n) is 10.2. The van der Waals surface area contributed by atoms with Crippen molar-refractivity contribution in [3.8, 4) is 5.75 Å². The van der Waals surface area contributed by atoms with E-state index in [-0.39, 0.29) is 5.56 Å². The molecule has 0 aromatic heterocycles. The zero-order chi connectivity index (χ0) is 14.7. The molecule has 104 valence electrons. The molecule has 0 amide bonds. The van der Waals surface area contributed by atoms with E-state index in [1.54, 1.807) is 24.3 Å². The van der Waals surface area contributed by atoms with E-state index in [2.05, 4.69) is 21.2 Å². The van der Waals surface area contributed by atoms with Gasteiger partial charge in [-0.05, 0) is 35.9 Å². The molecule has 1 unspecified atom stereocenters. The first kappa shape index (κ1) is 14.3. The van der Waals surface area contributed by atoms with E-state index in [0.29, 0.717) is 5.69 Å². The minimum atomic E-state index is -1.14. The third-order valence-electron chi connectivity index (χ3n) is 2.69. The highest BCUT2D eigenvalue weighted by Crippen LogP contribution is 2.25. The third kappa shape index (κ3) is 3.27. The number of anilines is 1. The first-order valence-corrected chi connectivity index (χ1v) is 6.50. The van der Waals surface area contributed by atoms with Gasteiger partial charge in [0.1, 0.15) is 0 Å². The van der Waals surface area contributed by atoms with Crippen LogP contribution in [0.4, 0.5) is 10.1 Å². The molecule has 0 radical (unpaired) electrons. The Hall–Kier alpha value is -2.08. The second-order valence-corrected chi connectivity index (χ2v) is 5.05. The Bertz CT molecular complexity index is 648. The number of phenols is 1. The second-order valence-electron chi connectivity index (χ2n) is 4.14. The number of carboxylic acids is 1. The summed E-state index contributed by atoms with van der Waals surface area (Å²) in [4.78, 5) is 11.3. The van der Waals surface area contributed by atoms with E-state index in [1.807, 2.05) is 0 Å². The number of aliphatic carboxylic acids is 1. The Morgan fingerprint density at radius 2 is 2.00 bits per heavy atom. The molecule has 6 heteroatoms. The van der Waals surface area contributed by atoms with Crippen LogP contribution >= 0.6 is 15.9 Å². The summed E-state index contributed by atoms with van der Waals surface area (Å²) in [6.07, 6.45) is 0. The van der Waals surface area contributed by atoms with Crippen LogP contribution in [0, 0.1) is 5.82 Å². The topological polar surface area (TPSA) is 69.6 Å². The van der Waals surface area contributed by atoms with Crippen LogP contribution in [0.5, 0.6) is 5.75 Å². The molecule has 2 aromatic carbocycles. The van der Waals surface area contributed by atoms with Crippen molar-refractivity contribution in [3.63, 3.8) is 0 Å². The monoisotopic (exact) mass is 339 g/mol. The van der Waals surface area contributed by atoms with Gasteiger partial charge in [-0.3, -0.25) is 0 Å². The van der Waals surface area contributed by atoms with E-state index in [1.165, 1.54) is 6.07 Å². The molecule has 0 saturated heterocycles. The van der Waals surface area contributed by atoms with Crippen molar-refractivity contribution in [2.75, 3.05) is 5.32 Å². The molecule has 2 aromatic rings. The van der Waals surface area contributed by atoms with Crippen LogP contribution in [0.15, 0.2) is 46.9 Å². The fourth-order valence-electron chi connectivity index (χ4n) is 1.74. The normalized spacial score (nSPS) is 11.9. The summed E-state index contributed by atoms with van der Waals surface area (Å²) in [6.45, 7) is 0. The van der Waals surface area contributed by atoms with Crippen LogP contribution < -0.4 is 5.32 Å². The summed E-state index contributed by atoms with van der Waals surface area (Å²) < 4.78 is 14.1. The summed E-state index contributed by atoms with van der Waals surface area (Å²) >= 11 is 3.29. The Kier molecular flexibility index (Phi) is 4.24. The lowest BCUT2D eigenvalue weighted by molar-refractivity contribution is -0.138. The zero-order valence-corrected chi connectivity index (χ0v) is 11.8. The Labute approximate surface area is 123 Å². The van der Waals surface area contributed by atoms with E-state index >= 15 is 0 Å². The van der Waals surface area contributed by atoms with Crippen molar-refractivity contribution in [2.24, 2.45) is 0 Å². The van der Waals surface area contributed by atoms with E-state index in [9.17, 15) is 14.3 Å². The summed E-state index contributed by atoms with van der Waals surface area (Å²) in [5, 5.41) is 21.2. The molecule has 0 aliphatic rings. The van der Waals surface area contributed by atoms with Crippen molar-refractivity contribution in [2.45, 2.75) is 6.04 Å². The van der Waals surface area contributed by atoms with Gasteiger partial charge in [-0.2, -0.15) is 0 Å². The number of rotatable bonds is 4. The van der Waals surface area contributed by atoms with Gasteiger partial charge < -0.3 is 15.5 Å². The number of nitrogens with one attached hydrogen (secondary N) is 1. The average Bonchev–Trinajstić information content (AvgIpc) is 2.39. The molecular formula is C14H11BrFNO3. The van der Waals surface area contributed by atoms with Crippen molar-refractivity contribution in [3.05, 3.63) is 58.3 Å². The van der Waals surface area contributed by atoms with E-state index in [0.717, 1.165) is 16.6 Å². The van der Waals surface area contributed by atoms with Crippen molar-refractivity contribution in [1.82, 2.24) is 0 Å². The predicted octanol–water partition coefficient (Wildman–Crippen LogP) is 3.53. The average molecular weight is 340 g/mol. The Morgan fingerprint density at radius 1 is 1.25 bits per heavy atom. The third-order valence-corrected chi connectivity index (χ3v) is 3.18. The second kappa shape index (κ2) is 5.92. The lowest BCUT2D eigenvalue weighted by Crippen LogP contribution is -2.20. The maximum Gasteiger partial charge on any atom is 0.330 e. The van der Waals surface area contributed by atoms with Crippen molar-refractivity contribution in [1.29, 1.82) is 0 Å². The fourth-order valence-corrected chi connectivity index (χ4v) is 2.13. The molecule has 0 fully saturated rings. The first-order chi connectivity index (χ1) is 9.47. The molecule has 0 heterocycles. The van der Waals surface area contributed by atoms with Crippen LogP contribution in [-0.4, -0.2) is 16.2 Å². The Morgan fingerprint density at radius 3 is 2.60 bits per heavy atom. The van der Waals surface area contributed by atoms with Gasteiger partial charge in [-0.1, -0.05) is 28.1 Å². The molecule has 1 atom stereocenters. The predicted molar refractivity (Wildman–Crippen MR) is 76.2 cm³/mol. The highest BCUT2D eigenvalue weighted by atomic mass is 79.9. The molecule has 0 aliphatic carbocycles. The van der Waals surface area contributed by atoms with Gasteiger partial charge in [0.05, 0.1) is 0 Å². The molecule has 20 heavy (non-hydrogen) atoms. The van der Waals surface area contributed by atoms with Crippen LogP contribution in [0.25, 0.3) is 0 Å². The van der Waals surface area contributed by atoms with Crippen molar-refractivity contribution < 1.29 is 19.4 Å². The van der Waals surface area contributed by atoms with Gasteiger partial charge in [-0.15, -0.1) is 0 Å².